The van der Waals surface area contributed by atoms with Gasteiger partial charge in [0, 0.05) is 20.8 Å². The molecule has 0 aromatic carbocycles. The van der Waals surface area contributed by atoms with Crippen LogP contribution >= 0.6 is 0 Å². The topological polar surface area (TPSA) is 61.6 Å². The minimum atomic E-state index is -1.22. The Labute approximate surface area is 102 Å². The number of ether oxygens (including phenoxy) is 2. The third kappa shape index (κ3) is 2.04. The monoisotopic (exact) mass is 243 g/mol. The van der Waals surface area contributed by atoms with Gasteiger partial charge in [0.15, 0.2) is 16.9 Å². The summed E-state index contributed by atoms with van der Waals surface area (Å²) in [4.78, 5) is 11.1. The molecule has 0 radical (unpaired) electrons. The summed E-state index contributed by atoms with van der Waals surface area (Å²) in [6.07, 6.45) is 0. The van der Waals surface area contributed by atoms with Gasteiger partial charge in [-0.3, -0.25) is 9.53 Å². The molecule has 0 aromatic heterocycles. The number of hydrogen-bond donors (Lipinski definition) is 0. The first-order chi connectivity index (χ1) is 7.44. The molecular weight excluding hydrogens is 222 g/mol. The van der Waals surface area contributed by atoms with Crippen LogP contribution in [0.5, 0.6) is 0 Å². The van der Waals surface area contributed by atoms with Gasteiger partial charge in [-0.2, -0.15) is 4.74 Å². The Kier molecular flexibility index (Phi) is 3.04. The number of rotatable bonds is 2. The van der Waals surface area contributed by atoms with Crippen molar-refractivity contribution in [3.8, 4) is 0 Å². The lowest BCUT2D eigenvalue weighted by molar-refractivity contribution is -0.615. The summed E-state index contributed by atoms with van der Waals surface area (Å²) in [6.45, 7) is 11.7. The molecule has 1 heterocycles. The van der Waals surface area contributed by atoms with Crippen molar-refractivity contribution < 1.29 is 19.0 Å². The van der Waals surface area contributed by atoms with E-state index in [1.807, 2.05) is 13.8 Å². The van der Waals surface area contributed by atoms with Crippen molar-refractivity contribution in [1.82, 2.24) is 0 Å². The van der Waals surface area contributed by atoms with Crippen molar-refractivity contribution in [3.05, 3.63) is 5.21 Å². The SMILES string of the molecule is CC(=O)OC(C)(C)C1(C)OC(C)(C)C(C)=[N+]1[O-]. The highest BCUT2D eigenvalue weighted by molar-refractivity contribution is 5.86. The molecular formula is C12H21NO4. The summed E-state index contributed by atoms with van der Waals surface area (Å²) < 4.78 is 11.8. The molecule has 0 bridgehead atoms. The minimum absolute atomic E-state index is 0.435. The number of nitrogens with zero attached hydrogens (tertiary/aromatic N) is 1. The molecule has 0 N–H and O–H groups in total. The molecule has 0 aliphatic carbocycles. The van der Waals surface area contributed by atoms with Gasteiger partial charge >= 0.3 is 11.7 Å². The largest absolute Gasteiger partial charge is 0.622 e. The van der Waals surface area contributed by atoms with Crippen molar-refractivity contribution in [3.63, 3.8) is 0 Å². The van der Waals surface area contributed by atoms with E-state index in [-0.39, 0.29) is 0 Å². The average molecular weight is 243 g/mol. The van der Waals surface area contributed by atoms with Gasteiger partial charge in [0.05, 0.1) is 0 Å². The van der Waals surface area contributed by atoms with Crippen LogP contribution in [-0.4, -0.2) is 33.3 Å². The minimum Gasteiger partial charge on any atom is -0.622 e. The van der Waals surface area contributed by atoms with Gasteiger partial charge in [-0.25, -0.2) is 0 Å². The number of carbonyl (C=O) groups is 1. The molecule has 17 heavy (non-hydrogen) atoms. The lowest BCUT2D eigenvalue weighted by Gasteiger charge is -2.37. The van der Waals surface area contributed by atoms with Crippen LogP contribution in [0, 0.1) is 5.21 Å². The van der Waals surface area contributed by atoms with Crippen molar-refractivity contribution in [2.24, 2.45) is 0 Å². The Morgan fingerprint density at radius 1 is 1.41 bits per heavy atom. The van der Waals surface area contributed by atoms with Gasteiger partial charge in [0.1, 0.15) is 0 Å². The fraction of sp³-hybridized carbons (Fsp3) is 0.833. The zero-order chi connectivity index (χ0) is 13.6. The Hall–Kier alpha value is -1.10. The molecule has 0 fully saturated rings. The van der Waals surface area contributed by atoms with E-state index in [2.05, 4.69) is 0 Å². The van der Waals surface area contributed by atoms with Gasteiger partial charge in [-0.1, -0.05) is 0 Å². The third-order valence-electron chi connectivity index (χ3n) is 3.53. The second kappa shape index (κ2) is 3.70. The highest BCUT2D eigenvalue weighted by Crippen LogP contribution is 2.39. The number of esters is 1. The smallest absolute Gasteiger partial charge is 0.315 e. The average Bonchev–Trinajstić information content (AvgIpc) is 2.26. The summed E-state index contributed by atoms with van der Waals surface area (Å²) in [6, 6.07) is 0. The van der Waals surface area contributed by atoms with Gasteiger partial charge in [-0.15, -0.1) is 0 Å². The number of hydrogen-bond acceptors (Lipinski definition) is 4. The van der Waals surface area contributed by atoms with Gasteiger partial charge < -0.3 is 9.94 Å². The molecule has 1 aliphatic rings. The maximum Gasteiger partial charge on any atom is 0.315 e. The van der Waals surface area contributed by atoms with Gasteiger partial charge in [-0.05, 0) is 27.7 Å². The van der Waals surface area contributed by atoms with E-state index < -0.39 is 22.9 Å². The van der Waals surface area contributed by atoms with Crippen molar-refractivity contribution in [1.29, 1.82) is 0 Å². The third-order valence-corrected chi connectivity index (χ3v) is 3.53. The van der Waals surface area contributed by atoms with Crippen LogP contribution in [0.1, 0.15) is 48.5 Å². The van der Waals surface area contributed by atoms with Crippen LogP contribution < -0.4 is 0 Å². The van der Waals surface area contributed by atoms with Crippen LogP contribution in [0.3, 0.4) is 0 Å². The Morgan fingerprint density at radius 2 is 1.88 bits per heavy atom. The van der Waals surface area contributed by atoms with Crippen LogP contribution in [0.4, 0.5) is 0 Å². The predicted octanol–water partition coefficient (Wildman–Crippen LogP) is 1.82. The molecule has 0 aromatic rings. The zero-order valence-corrected chi connectivity index (χ0v) is 11.6. The molecule has 1 unspecified atom stereocenters. The molecule has 5 heteroatoms. The van der Waals surface area contributed by atoms with Crippen molar-refractivity contribution in [2.75, 3.05) is 0 Å². The summed E-state index contributed by atoms with van der Waals surface area (Å²) in [5, 5.41) is 12.2. The van der Waals surface area contributed by atoms with E-state index in [1.54, 1.807) is 27.7 Å². The van der Waals surface area contributed by atoms with E-state index in [0.29, 0.717) is 5.71 Å². The van der Waals surface area contributed by atoms with Crippen molar-refractivity contribution in [2.45, 2.75) is 65.4 Å². The number of carbonyl (C=O) groups excluding carboxylic acids is 1. The van der Waals surface area contributed by atoms with Crippen LogP contribution in [0.15, 0.2) is 0 Å². The summed E-state index contributed by atoms with van der Waals surface area (Å²) in [5.74, 6) is -0.435. The Morgan fingerprint density at radius 3 is 2.18 bits per heavy atom. The van der Waals surface area contributed by atoms with Crippen LogP contribution in [-0.2, 0) is 14.3 Å². The van der Waals surface area contributed by atoms with E-state index in [0.717, 1.165) is 4.74 Å². The van der Waals surface area contributed by atoms with E-state index in [4.69, 9.17) is 9.47 Å². The molecule has 1 atom stereocenters. The predicted molar refractivity (Wildman–Crippen MR) is 63.7 cm³/mol. The first kappa shape index (κ1) is 14.0. The Balaban J connectivity index is 3.19. The lowest BCUT2D eigenvalue weighted by atomic mass is 9.96. The highest BCUT2D eigenvalue weighted by Gasteiger charge is 2.62. The van der Waals surface area contributed by atoms with Crippen LogP contribution in [0.2, 0.25) is 0 Å². The van der Waals surface area contributed by atoms with E-state index >= 15 is 0 Å². The van der Waals surface area contributed by atoms with Crippen LogP contribution in [0.25, 0.3) is 0 Å². The Bertz CT molecular complexity index is 384. The molecule has 0 spiro atoms. The molecule has 1 rings (SSSR count). The van der Waals surface area contributed by atoms with Crippen molar-refractivity contribution >= 4 is 11.7 Å². The fourth-order valence-corrected chi connectivity index (χ4v) is 2.00. The molecule has 98 valence electrons. The summed E-state index contributed by atoms with van der Waals surface area (Å²) in [7, 11) is 0. The van der Waals surface area contributed by atoms with E-state index in [1.165, 1.54) is 6.92 Å². The van der Waals surface area contributed by atoms with E-state index in [9.17, 15) is 10.0 Å². The first-order valence-corrected chi connectivity index (χ1v) is 5.65. The second-order valence-corrected chi connectivity index (χ2v) is 5.58. The molecule has 5 nitrogen and oxygen atoms in total. The lowest BCUT2D eigenvalue weighted by Crippen LogP contribution is -2.56. The normalized spacial score (nSPS) is 28.4. The molecule has 1 aliphatic heterocycles. The molecule has 0 amide bonds. The maximum atomic E-state index is 12.2. The second-order valence-electron chi connectivity index (χ2n) is 5.58. The van der Waals surface area contributed by atoms with Gasteiger partial charge in [0.2, 0.25) is 0 Å². The summed E-state index contributed by atoms with van der Waals surface area (Å²) in [5.41, 5.74) is -2.34. The molecule has 0 saturated heterocycles. The standard InChI is InChI=1S/C12H21NO4/c1-8-10(3,4)17-12(7,13(8)15)11(5,6)16-9(2)14/h1-7H3. The molecule has 0 saturated carbocycles. The summed E-state index contributed by atoms with van der Waals surface area (Å²) >= 11 is 0. The number of hydroxylamine groups is 1. The zero-order valence-electron chi connectivity index (χ0n) is 11.6. The quantitative estimate of drug-likeness (QED) is 0.421. The fourth-order valence-electron chi connectivity index (χ4n) is 2.00. The van der Waals surface area contributed by atoms with Gasteiger partial charge in [0.25, 0.3) is 0 Å². The highest BCUT2D eigenvalue weighted by atomic mass is 16.7. The first-order valence-electron chi connectivity index (χ1n) is 5.65. The maximum absolute atomic E-state index is 12.2.